The molecular weight excluding hydrogens is 364 g/mol. The number of rotatable bonds is 2. The van der Waals surface area contributed by atoms with Gasteiger partial charge in [-0.3, -0.25) is 9.29 Å². The van der Waals surface area contributed by atoms with Crippen LogP contribution in [0.1, 0.15) is 18.4 Å². The van der Waals surface area contributed by atoms with Crippen LogP contribution in [0.25, 0.3) is 0 Å². The van der Waals surface area contributed by atoms with Crippen LogP contribution in [-0.4, -0.2) is 50.2 Å². The number of pyridine rings is 1. The van der Waals surface area contributed by atoms with Gasteiger partial charge >= 0.3 is 6.03 Å². The van der Waals surface area contributed by atoms with E-state index in [1.54, 1.807) is 29.4 Å². The average Bonchev–Trinajstić information content (AvgIpc) is 2.98. The third-order valence-electron chi connectivity index (χ3n) is 5.51. The van der Waals surface area contributed by atoms with Crippen LogP contribution >= 0.6 is 0 Å². The van der Waals surface area contributed by atoms with E-state index in [1.165, 1.54) is 10.6 Å². The van der Waals surface area contributed by atoms with Gasteiger partial charge in [0.15, 0.2) is 0 Å². The maximum atomic E-state index is 12.5. The van der Waals surface area contributed by atoms with Crippen LogP contribution in [0, 0.1) is 0 Å². The first-order valence-corrected chi connectivity index (χ1v) is 10.8. The van der Waals surface area contributed by atoms with Gasteiger partial charge in [-0.2, -0.15) is 0 Å². The fourth-order valence-electron chi connectivity index (χ4n) is 4.09. The molecule has 142 valence electrons. The molecule has 4 rings (SSSR count). The number of aromatic nitrogens is 1. The minimum atomic E-state index is -3.33. The zero-order valence-corrected chi connectivity index (χ0v) is 15.9. The summed E-state index contributed by atoms with van der Waals surface area (Å²) in [7, 11) is -3.33. The van der Waals surface area contributed by atoms with Gasteiger partial charge in [0.25, 0.3) is 0 Å². The van der Waals surface area contributed by atoms with E-state index in [9.17, 15) is 13.2 Å². The second kappa shape index (κ2) is 6.53. The Labute approximate surface area is 159 Å². The molecule has 3 heterocycles. The number of fused-ring (bicyclic) bond motifs is 2. The van der Waals surface area contributed by atoms with Crippen molar-refractivity contribution in [2.75, 3.05) is 35.5 Å². The zero-order chi connectivity index (χ0) is 19.1. The molecule has 0 radical (unpaired) electrons. The fourth-order valence-corrected chi connectivity index (χ4v) is 5.08. The predicted molar refractivity (Wildman–Crippen MR) is 104 cm³/mol. The van der Waals surface area contributed by atoms with Crippen LogP contribution in [0.3, 0.4) is 0 Å². The summed E-state index contributed by atoms with van der Waals surface area (Å²) < 4.78 is 26.0. The summed E-state index contributed by atoms with van der Waals surface area (Å²) >= 11 is 0. The molecule has 7 nitrogen and oxygen atoms in total. The predicted octanol–water partition coefficient (Wildman–Crippen LogP) is 2.43. The van der Waals surface area contributed by atoms with Crippen molar-refractivity contribution in [1.29, 1.82) is 0 Å². The molecule has 1 fully saturated rings. The van der Waals surface area contributed by atoms with E-state index in [0.29, 0.717) is 25.3 Å². The lowest BCUT2D eigenvalue weighted by Crippen LogP contribution is -2.48. The number of sulfonamides is 1. The van der Waals surface area contributed by atoms with E-state index in [4.69, 9.17) is 0 Å². The molecule has 1 aromatic heterocycles. The van der Waals surface area contributed by atoms with E-state index in [2.05, 4.69) is 10.3 Å². The van der Waals surface area contributed by atoms with Crippen LogP contribution in [0.15, 0.2) is 48.8 Å². The molecule has 0 bridgehead atoms. The standard InChI is InChI=1S/C19H22N4O3S/c1-27(25,26)23-14-19(16-6-2-3-7-17(16)23)8-11-22(12-9-19)18(24)21-15-5-4-10-20-13-15/h2-7,10,13H,8-9,11-12,14H2,1H3,(H,21,24). The minimum Gasteiger partial charge on any atom is -0.324 e. The van der Waals surface area contributed by atoms with Gasteiger partial charge in [-0.1, -0.05) is 18.2 Å². The molecule has 2 aliphatic rings. The number of para-hydroxylation sites is 1. The number of anilines is 2. The first-order valence-electron chi connectivity index (χ1n) is 8.92. The van der Waals surface area contributed by atoms with Crippen molar-refractivity contribution in [2.45, 2.75) is 18.3 Å². The molecule has 0 unspecified atom stereocenters. The lowest BCUT2D eigenvalue weighted by Gasteiger charge is -2.39. The fraction of sp³-hybridized carbons (Fsp3) is 0.368. The Morgan fingerprint density at radius 3 is 2.56 bits per heavy atom. The molecule has 27 heavy (non-hydrogen) atoms. The number of carbonyl (C=O) groups is 1. The molecule has 1 saturated heterocycles. The first kappa shape index (κ1) is 17.8. The van der Waals surface area contributed by atoms with Crippen LogP contribution in [0.5, 0.6) is 0 Å². The van der Waals surface area contributed by atoms with Crippen LogP contribution in [0.4, 0.5) is 16.2 Å². The van der Waals surface area contributed by atoms with Gasteiger partial charge in [0, 0.05) is 31.2 Å². The quantitative estimate of drug-likeness (QED) is 0.859. The normalized spacial score (nSPS) is 18.4. The maximum Gasteiger partial charge on any atom is 0.321 e. The van der Waals surface area contributed by atoms with Crippen molar-refractivity contribution in [1.82, 2.24) is 9.88 Å². The summed E-state index contributed by atoms with van der Waals surface area (Å²) in [6.07, 6.45) is 5.98. The van der Waals surface area contributed by atoms with Gasteiger partial charge in [0.2, 0.25) is 10.0 Å². The van der Waals surface area contributed by atoms with Crippen molar-refractivity contribution >= 4 is 27.4 Å². The van der Waals surface area contributed by atoms with Gasteiger partial charge in [-0.15, -0.1) is 0 Å². The van der Waals surface area contributed by atoms with E-state index >= 15 is 0 Å². The Bertz CT molecular complexity index is 954. The lowest BCUT2D eigenvalue weighted by atomic mass is 9.74. The molecular formula is C19H22N4O3S. The van der Waals surface area contributed by atoms with E-state index < -0.39 is 10.0 Å². The summed E-state index contributed by atoms with van der Waals surface area (Å²) in [4.78, 5) is 18.3. The monoisotopic (exact) mass is 386 g/mol. The summed E-state index contributed by atoms with van der Waals surface area (Å²) in [6, 6.07) is 11.1. The highest BCUT2D eigenvalue weighted by molar-refractivity contribution is 7.92. The second-order valence-electron chi connectivity index (χ2n) is 7.23. The van der Waals surface area contributed by atoms with Gasteiger partial charge in [0.1, 0.15) is 0 Å². The van der Waals surface area contributed by atoms with E-state index in [0.717, 1.165) is 24.1 Å². The first-order chi connectivity index (χ1) is 12.9. The number of nitrogens with zero attached hydrogens (tertiary/aromatic N) is 3. The number of carbonyl (C=O) groups excluding carboxylic acids is 1. The molecule has 2 aliphatic heterocycles. The van der Waals surface area contributed by atoms with E-state index in [-0.39, 0.29) is 11.4 Å². The SMILES string of the molecule is CS(=O)(=O)N1CC2(CCN(C(=O)Nc3cccnc3)CC2)c2ccccc21. The van der Waals surface area contributed by atoms with Crippen LogP contribution in [-0.2, 0) is 15.4 Å². The molecule has 1 spiro atoms. The summed E-state index contributed by atoms with van der Waals surface area (Å²) in [5.41, 5.74) is 2.28. The average molecular weight is 386 g/mol. The minimum absolute atomic E-state index is 0.149. The number of hydrogen-bond donors (Lipinski definition) is 1. The summed E-state index contributed by atoms with van der Waals surface area (Å²) in [5.74, 6) is 0. The number of likely N-dealkylation sites (tertiary alicyclic amines) is 1. The summed E-state index contributed by atoms with van der Waals surface area (Å²) in [5, 5.41) is 2.86. The zero-order valence-electron chi connectivity index (χ0n) is 15.1. The van der Waals surface area contributed by atoms with Crippen molar-refractivity contribution in [2.24, 2.45) is 0 Å². The highest BCUT2D eigenvalue weighted by Gasteiger charge is 2.47. The highest BCUT2D eigenvalue weighted by Crippen LogP contribution is 2.47. The highest BCUT2D eigenvalue weighted by atomic mass is 32.2. The Morgan fingerprint density at radius 2 is 1.89 bits per heavy atom. The topological polar surface area (TPSA) is 82.6 Å². The molecule has 0 atom stereocenters. The second-order valence-corrected chi connectivity index (χ2v) is 9.13. The maximum absolute atomic E-state index is 12.5. The number of amides is 2. The van der Waals surface area contributed by atoms with Crippen molar-refractivity contribution < 1.29 is 13.2 Å². The molecule has 8 heteroatoms. The number of nitrogens with one attached hydrogen (secondary N) is 1. The van der Waals surface area contributed by atoms with Crippen LogP contribution in [0.2, 0.25) is 0 Å². The van der Waals surface area contributed by atoms with Gasteiger partial charge < -0.3 is 10.2 Å². The van der Waals surface area contributed by atoms with Crippen LogP contribution < -0.4 is 9.62 Å². The number of urea groups is 1. The number of piperidine rings is 1. The third-order valence-corrected chi connectivity index (χ3v) is 6.64. The molecule has 1 N–H and O–H groups in total. The van der Waals surface area contributed by atoms with Gasteiger partial charge in [-0.05, 0) is 36.6 Å². The van der Waals surface area contributed by atoms with Crippen molar-refractivity contribution in [3.05, 3.63) is 54.4 Å². The molecule has 0 saturated carbocycles. The van der Waals surface area contributed by atoms with Crippen molar-refractivity contribution in [3.63, 3.8) is 0 Å². The number of hydrogen-bond acceptors (Lipinski definition) is 4. The number of benzene rings is 1. The Hall–Kier alpha value is -2.61. The largest absolute Gasteiger partial charge is 0.324 e. The molecule has 1 aromatic carbocycles. The lowest BCUT2D eigenvalue weighted by molar-refractivity contribution is 0.173. The van der Waals surface area contributed by atoms with Crippen molar-refractivity contribution in [3.8, 4) is 0 Å². The Kier molecular flexibility index (Phi) is 4.30. The molecule has 0 aliphatic carbocycles. The third kappa shape index (κ3) is 3.25. The Morgan fingerprint density at radius 1 is 1.15 bits per heavy atom. The molecule has 2 amide bonds. The van der Waals surface area contributed by atoms with Gasteiger partial charge in [0.05, 0.1) is 23.8 Å². The Balaban J connectivity index is 1.51. The molecule has 2 aromatic rings. The summed E-state index contributed by atoms with van der Waals surface area (Å²) in [6.45, 7) is 1.61. The van der Waals surface area contributed by atoms with Gasteiger partial charge in [-0.25, -0.2) is 13.2 Å². The van der Waals surface area contributed by atoms with E-state index in [1.807, 2.05) is 24.3 Å². The smallest absolute Gasteiger partial charge is 0.321 e.